The summed E-state index contributed by atoms with van der Waals surface area (Å²) in [6.07, 6.45) is 0. The molecule has 1 saturated heterocycles. The van der Waals surface area contributed by atoms with Gasteiger partial charge in [0.1, 0.15) is 0 Å². The van der Waals surface area contributed by atoms with E-state index in [1.54, 1.807) is 29.2 Å². The van der Waals surface area contributed by atoms with Gasteiger partial charge in [-0.1, -0.05) is 35.9 Å². The van der Waals surface area contributed by atoms with E-state index in [0.29, 0.717) is 36.9 Å². The van der Waals surface area contributed by atoms with E-state index >= 15 is 0 Å². The second kappa shape index (κ2) is 7.57. The number of hydrogen-bond acceptors (Lipinski definition) is 3. The molecule has 0 aromatic heterocycles. The Hall–Kier alpha value is -2.53. The Morgan fingerprint density at radius 1 is 1.00 bits per heavy atom. The van der Waals surface area contributed by atoms with Crippen molar-refractivity contribution in [3.63, 3.8) is 0 Å². The van der Waals surface area contributed by atoms with Crippen molar-refractivity contribution in [2.24, 2.45) is 0 Å². The molecule has 0 bridgehead atoms. The van der Waals surface area contributed by atoms with Gasteiger partial charge in [-0.05, 0) is 36.8 Å². The largest absolute Gasteiger partial charge is 0.368 e. The summed E-state index contributed by atoms with van der Waals surface area (Å²) >= 11 is 6.01. The number of rotatable bonds is 2. The number of carbonyl (C=O) groups excluding carboxylic acids is 2. The lowest BCUT2D eigenvalue weighted by molar-refractivity contribution is -0.143. The van der Waals surface area contributed by atoms with Gasteiger partial charge in [-0.15, -0.1) is 0 Å². The molecule has 2 aromatic rings. The zero-order valence-electron chi connectivity index (χ0n) is 14.0. The number of hydrogen-bond donors (Lipinski definition) is 1. The SMILES string of the molecule is Cc1cccc(N2CCN(C(=O)C(=O)Nc3ccccc3Cl)CC2)c1. The number of piperazine rings is 1. The Balaban J connectivity index is 1.58. The van der Waals surface area contributed by atoms with E-state index < -0.39 is 11.8 Å². The van der Waals surface area contributed by atoms with Gasteiger partial charge in [0.25, 0.3) is 0 Å². The first-order chi connectivity index (χ1) is 12.0. The number of nitrogens with one attached hydrogen (secondary N) is 1. The highest BCUT2D eigenvalue weighted by Gasteiger charge is 2.26. The van der Waals surface area contributed by atoms with E-state index in [1.807, 2.05) is 6.07 Å². The van der Waals surface area contributed by atoms with Gasteiger partial charge < -0.3 is 15.1 Å². The summed E-state index contributed by atoms with van der Waals surface area (Å²) in [6, 6.07) is 15.1. The normalized spacial score (nSPS) is 14.3. The quantitative estimate of drug-likeness (QED) is 0.841. The lowest BCUT2D eigenvalue weighted by Gasteiger charge is -2.35. The molecular formula is C19H20ClN3O2. The number of carbonyl (C=O) groups is 2. The summed E-state index contributed by atoms with van der Waals surface area (Å²) in [5, 5.41) is 2.99. The van der Waals surface area contributed by atoms with Crippen molar-refractivity contribution >= 4 is 34.8 Å². The first kappa shape index (κ1) is 17.3. The van der Waals surface area contributed by atoms with Gasteiger partial charge in [-0.25, -0.2) is 0 Å². The van der Waals surface area contributed by atoms with Crippen LogP contribution in [0.4, 0.5) is 11.4 Å². The third kappa shape index (κ3) is 4.12. The Morgan fingerprint density at radius 3 is 2.40 bits per heavy atom. The predicted molar refractivity (Wildman–Crippen MR) is 100 cm³/mol. The third-order valence-corrected chi connectivity index (χ3v) is 4.58. The molecule has 6 heteroatoms. The van der Waals surface area contributed by atoms with Crippen molar-refractivity contribution < 1.29 is 9.59 Å². The molecule has 0 aliphatic carbocycles. The van der Waals surface area contributed by atoms with E-state index in [2.05, 4.69) is 35.3 Å². The average molecular weight is 358 g/mol. The standard InChI is InChI=1S/C19H20ClN3O2/c1-14-5-4-6-15(13-14)22-9-11-23(12-10-22)19(25)18(24)21-17-8-3-2-7-16(17)20/h2-8,13H,9-12H2,1H3,(H,21,24). The van der Waals surface area contributed by atoms with Crippen LogP contribution in [-0.4, -0.2) is 42.9 Å². The van der Waals surface area contributed by atoms with Crippen LogP contribution in [0.5, 0.6) is 0 Å². The van der Waals surface area contributed by atoms with Crippen LogP contribution in [0.25, 0.3) is 0 Å². The average Bonchev–Trinajstić information content (AvgIpc) is 2.63. The summed E-state index contributed by atoms with van der Waals surface area (Å²) in [6.45, 7) is 4.50. The Morgan fingerprint density at radius 2 is 1.72 bits per heavy atom. The minimum Gasteiger partial charge on any atom is -0.368 e. The topological polar surface area (TPSA) is 52.7 Å². The molecule has 2 amide bonds. The number of aryl methyl sites for hydroxylation is 1. The van der Waals surface area contributed by atoms with Crippen molar-refractivity contribution in [1.82, 2.24) is 4.90 Å². The maximum Gasteiger partial charge on any atom is 0.313 e. The summed E-state index contributed by atoms with van der Waals surface area (Å²) in [4.78, 5) is 28.4. The number of anilines is 2. The van der Waals surface area contributed by atoms with Crippen LogP contribution in [0, 0.1) is 6.92 Å². The minimum atomic E-state index is -0.655. The van der Waals surface area contributed by atoms with Crippen LogP contribution < -0.4 is 10.2 Å². The van der Waals surface area contributed by atoms with Gasteiger partial charge >= 0.3 is 11.8 Å². The smallest absolute Gasteiger partial charge is 0.313 e. The van der Waals surface area contributed by atoms with Gasteiger partial charge in [-0.2, -0.15) is 0 Å². The van der Waals surface area contributed by atoms with E-state index in [9.17, 15) is 9.59 Å². The highest BCUT2D eigenvalue weighted by Crippen LogP contribution is 2.21. The molecule has 1 N–H and O–H groups in total. The predicted octanol–water partition coefficient (Wildman–Crippen LogP) is 2.94. The van der Waals surface area contributed by atoms with Crippen LogP contribution in [0.1, 0.15) is 5.56 Å². The molecule has 25 heavy (non-hydrogen) atoms. The minimum absolute atomic E-state index is 0.410. The van der Waals surface area contributed by atoms with Crippen LogP contribution in [0.2, 0.25) is 5.02 Å². The molecule has 2 aromatic carbocycles. The lowest BCUT2D eigenvalue weighted by atomic mass is 10.2. The first-order valence-electron chi connectivity index (χ1n) is 8.21. The number of nitrogens with zero attached hydrogens (tertiary/aromatic N) is 2. The summed E-state index contributed by atoms with van der Waals surface area (Å²) in [5.74, 6) is -1.18. The highest BCUT2D eigenvalue weighted by molar-refractivity contribution is 6.41. The third-order valence-electron chi connectivity index (χ3n) is 4.25. The molecule has 0 radical (unpaired) electrons. The fraction of sp³-hybridized carbons (Fsp3) is 0.263. The van der Waals surface area contributed by atoms with Crippen molar-refractivity contribution in [3.05, 3.63) is 59.1 Å². The lowest BCUT2D eigenvalue weighted by Crippen LogP contribution is -2.51. The highest BCUT2D eigenvalue weighted by atomic mass is 35.5. The Kier molecular flexibility index (Phi) is 5.24. The van der Waals surface area contributed by atoms with Crippen molar-refractivity contribution in [2.75, 3.05) is 36.4 Å². The summed E-state index contributed by atoms with van der Waals surface area (Å²) in [7, 11) is 0. The van der Waals surface area contributed by atoms with Crippen molar-refractivity contribution in [1.29, 1.82) is 0 Å². The summed E-state index contributed by atoms with van der Waals surface area (Å²) < 4.78 is 0. The van der Waals surface area contributed by atoms with Gasteiger partial charge in [0.15, 0.2) is 0 Å². The molecule has 0 unspecified atom stereocenters. The molecule has 130 valence electrons. The number of amides is 2. The van der Waals surface area contributed by atoms with Gasteiger partial charge in [0.2, 0.25) is 0 Å². The molecular weight excluding hydrogens is 338 g/mol. The van der Waals surface area contributed by atoms with Crippen molar-refractivity contribution in [2.45, 2.75) is 6.92 Å². The summed E-state index contributed by atoms with van der Waals surface area (Å²) in [5.41, 5.74) is 2.80. The van der Waals surface area contributed by atoms with Gasteiger partial charge in [-0.3, -0.25) is 9.59 Å². The number of halogens is 1. The zero-order chi connectivity index (χ0) is 17.8. The first-order valence-corrected chi connectivity index (χ1v) is 8.59. The van der Waals surface area contributed by atoms with Crippen LogP contribution in [0.3, 0.4) is 0 Å². The van der Waals surface area contributed by atoms with E-state index in [-0.39, 0.29) is 0 Å². The molecule has 3 rings (SSSR count). The van der Waals surface area contributed by atoms with Crippen LogP contribution in [-0.2, 0) is 9.59 Å². The van der Waals surface area contributed by atoms with E-state index in [1.165, 1.54) is 5.56 Å². The second-order valence-electron chi connectivity index (χ2n) is 6.05. The Bertz CT molecular complexity index is 786. The van der Waals surface area contributed by atoms with Gasteiger partial charge in [0, 0.05) is 31.9 Å². The molecule has 1 fully saturated rings. The second-order valence-corrected chi connectivity index (χ2v) is 6.46. The van der Waals surface area contributed by atoms with Gasteiger partial charge in [0.05, 0.1) is 10.7 Å². The maximum atomic E-state index is 12.4. The maximum absolute atomic E-state index is 12.4. The van der Waals surface area contributed by atoms with Crippen LogP contribution >= 0.6 is 11.6 Å². The molecule has 0 atom stereocenters. The fourth-order valence-electron chi connectivity index (χ4n) is 2.87. The molecule has 0 spiro atoms. The van der Waals surface area contributed by atoms with E-state index in [0.717, 1.165) is 5.69 Å². The molecule has 1 aliphatic rings. The molecule has 5 nitrogen and oxygen atoms in total. The monoisotopic (exact) mass is 357 g/mol. The molecule has 0 saturated carbocycles. The number of para-hydroxylation sites is 1. The number of benzene rings is 2. The van der Waals surface area contributed by atoms with E-state index in [4.69, 9.17) is 11.6 Å². The fourth-order valence-corrected chi connectivity index (χ4v) is 3.06. The molecule has 1 heterocycles. The molecule has 1 aliphatic heterocycles. The Labute approximate surface area is 152 Å². The van der Waals surface area contributed by atoms with Crippen molar-refractivity contribution in [3.8, 4) is 0 Å². The zero-order valence-corrected chi connectivity index (χ0v) is 14.8. The van der Waals surface area contributed by atoms with Crippen LogP contribution in [0.15, 0.2) is 48.5 Å².